The number of amides is 1. The highest BCUT2D eigenvalue weighted by molar-refractivity contribution is 7.89. The van der Waals surface area contributed by atoms with Gasteiger partial charge in [0.25, 0.3) is 5.91 Å². The molecule has 8 heteroatoms. The molecule has 0 saturated carbocycles. The molecule has 1 aromatic carbocycles. The number of sulfonamides is 1. The van der Waals surface area contributed by atoms with Crippen molar-refractivity contribution in [3.05, 3.63) is 59.9 Å². The van der Waals surface area contributed by atoms with Crippen molar-refractivity contribution in [2.45, 2.75) is 24.7 Å². The molecule has 0 aliphatic carbocycles. The molecular weight excluding hydrogens is 352 g/mol. The van der Waals surface area contributed by atoms with E-state index in [2.05, 4.69) is 15.5 Å². The lowest BCUT2D eigenvalue weighted by molar-refractivity contribution is 0.0954. The average molecular weight is 372 g/mol. The summed E-state index contributed by atoms with van der Waals surface area (Å²) in [4.78, 5) is 16.1. The lowest BCUT2D eigenvalue weighted by Crippen LogP contribution is -2.27. The van der Waals surface area contributed by atoms with Gasteiger partial charge < -0.3 is 0 Å². The van der Waals surface area contributed by atoms with Crippen LogP contribution in [0.4, 0.5) is 0 Å². The van der Waals surface area contributed by atoms with E-state index in [1.807, 2.05) is 0 Å². The van der Waals surface area contributed by atoms with Crippen molar-refractivity contribution in [3.63, 3.8) is 0 Å². The Kier molecular flexibility index (Phi) is 5.43. The first kappa shape index (κ1) is 18.2. The standard InChI is InChI=1S/C18H20N4O3S/c1-14(20-21-18(23)16-8-10-19-11-9-16)15-4-6-17(7-5-15)26(24,25)22-12-2-3-13-22/h4-11H,2-3,12-13H2,1H3,(H,21,23)/b20-14+. The van der Waals surface area contributed by atoms with Gasteiger partial charge in [0.15, 0.2) is 0 Å². The number of hydrazone groups is 1. The monoisotopic (exact) mass is 372 g/mol. The first-order valence-corrected chi connectivity index (χ1v) is 9.78. The van der Waals surface area contributed by atoms with Gasteiger partial charge in [-0.1, -0.05) is 12.1 Å². The van der Waals surface area contributed by atoms with Crippen LogP contribution in [-0.4, -0.2) is 42.4 Å². The summed E-state index contributed by atoms with van der Waals surface area (Å²) < 4.78 is 26.6. The van der Waals surface area contributed by atoms with E-state index in [1.54, 1.807) is 43.3 Å². The number of rotatable bonds is 5. The number of pyridine rings is 1. The highest BCUT2D eigenvalue weighted by atomic mass is 32.2. The van der Waals surface area contributed by atoms with E-state index in [0.29, 0.717) is 24.4 Å². The summed E-state index contributed by atoms with van der Waals surface area (Å²) in [6.07, 6.45) is 4.87. The van der Waals surface area contributed by atoms with Crippen molar-refractivity contribution >= 4 is 21.6 Å². The minimum absolute atomic E-state index is 0.275. The molecule has 1 aromatic heterocycles. The Hall–Kier alpha value is -2.58. The summed E-state index contributed by atoms with van der Waals surface area (Å²) in [6.45, 7) is 2.90. The van der Waals surface area contributed by atoms with Crippen LogP contribution in [0.2, 0.25) is 0 Å². The Morgan fingerprint density at radius 3 is 2.27 bits per heavy atom. The summed E-state index contributed by atoms with van der Waals surface area (Å²) in [5.74, 6) is -0.333. The van der Waals surface area contributed by atoms with Gasteiger partial charge in [-0.25, -0.2) is 13.8 Å². The predicted octanol–water partition coefficient (Wildman–Crippen LogP) is 2.02. The molecule has 1 saturated heterocycles. The smallest absolute Gasteiger partial charge is 0.267 e. The highest BCUT2D eigenvalue weighted by Gasteiger charge is 2.26. The van der Waals surface area contributed by atoms with Gasteiger partial charge in [-0.2, -0.15) is 9.41 Å². The Morgan fingerprint density at radius 1 is 1.04 bits per heavy atom. The van der Waals surface area contributed by atoms with Crippen LogP contribution in [-0.2, 0) is 10.0 Å². The molecule has 1 aliphatic heterocycles. The first-order valence-electron chi connectivity index (χ1n) is 8.34. The first-order chi connectivity index (χ1) is 12.5. The van der Waals surface area contributed by atoms with Crippen LogP contribution in [0.3, 0.4) is 0 Å². The van der Waals surface area contributed by atoms with Crippen molar-refractivity contribution in [3.8, 4) is 0 Å². The van der Waals surface area contributed by atoms with Crippen LogP contribution in [0, 0.1) is 0 Å². The molecule has 0 radical (unpaired) electrons. The largest absolute Gasteiger partial charge is 0.271 e. The quantitative estimate of drug-likeness (QED) is 0.642. The number of nitrogens with one attached hydrogen (secondary N) is 1. The van der Waals surface area contributed by atoms with Crippen LogP contribution in [0.15, 0.2) is 58.8 Å². The zero-order valence-corrected chi connectivity index (χ0v) is 15.2. The molecule has 0 bridgehead atoms. The second kappa shape index (κ2) is 7.76. The molecule has 136 valence electrons. The maximum Gasteiger partial charge on any atom is 0.271 e. The third-order valence-electron chi connectivity index (χ3n) is 4.24. The summed E-state index contributed by atoms with van der Waals surface area (Å²) in [6, 6.07) is 9.73. The number of aromatic nitrogens is 1. The molecular formula is C18H20N4O3S. The van der Waals surface area contributed by atoms with Gasteiger partial charge in [0, 0.05) is 31.0 Å². The molecule has 0 atom stereocenters. The minimum atomic E-state index is -3.43. The SMILES string of the molecule is C/C(=N\NC(=O)c1ccncc1)c1ccc(S(=O)(=O)N2CCCC2)cc1. The molecule has 3 rings (SSSR count). The summed E-state index contributed by atoms with van der Waals surface area (Å²) >= 11 is 0. The zero-order chi connectivity index (χ0) is 18.6. The van der Waals surface area contributed by atoms with E-state index in [0.717, 1.165) is 18.4 Å². The molecule has 1 fully saturated rings. The third kappa shape index (κ3) is 3.97. The van der Waals surface area contributed by atoms with Crippen LogP contribution in [0.1, 0.15) is 35.7 Å². The molecule has 1 amide bonds. The third-order valence-corrected chi connectivity index (χ3v) is 6.16. The maximum absolute atomic E-state index is 12.5. The second-order valence-corrected chi connectivity index (χ2v) is 7.95. The molecule has 0 spiro atoms. The van der Waals surface area contributed by atoms with Crippen LogP contribution < -0.4 is 5.43 Å². The Morgan fingerprint density at radius 2 is 1.65 bits per heavy atom. The topological polar surface area (TPSA) is 91.7 Å². The molecule has 26 heavy (non-hydrogen) atoms. The number of hydrogen-bond acceptors (Lipinski definition) is 5. The highest BCUT2D eigenvalue weighted by Crippen LogP contribution is 2.21. The van der Waals surface area contributed by atoms with Gasteiger partial charge in [0.05, 0.1) is 10.6 Å². The Balaban J connectivity index is 1.70. The molecule has 2 aromatic rings. The van der Waals surface area contributed by atoms with Gasteiger partial charge in [-0.05, 0) is 49.6 Å². The van der Waals surface area contributed by atoms with Crippen molar-refractivity contribution in [2.75, 3.05) is 13.1 Å². The molecule has 2 heterocycles. The number of nitrogens with zero attached hydrogens (tertiary/aromatic N) is 3. The number of benzene rings is 1. The van der Waals surface area contributed by atoms with E-state index < -0.39 is 10.0 Å². The van der Waals surface area contributed by atoms with E-state index >= 15 is 0 Å². The maximum atomic E-state index is 12.5. The van der Waals surface area contributed by atoms with Gasteiger partial charge >= 0.3 is 0 Å². The van der Waals surface area contributed by atoms with E-state index in [-0.39, 0.29) is 10.8 Å². The fourth-order valence-corrected chi connectivity index (χ4v) is 4.23. The van der Waals surface area contributed by atoms with Gasteiger partial charge in [-0.15, -0.1) is 0 Å². The van der Waals surface area contributed by atoms with E-state index in [1.165, 1.54) is 16.7 Å². The normalized spacial score (nSPS) is 15.8. The molecule has 7 nitrogen and oxygen atoms in total. The lowest BCUT2D eigenvalue weighted by Gasteiger charge is -2.15. The van der Waals surface area contributed by atoms with E-state index in [4.69, 9.17) is 0 Å². The van der Waals surface area contributed by atoms with Crippen molar-refractivity contribution in [1.82, 2.24) is 14.7 Å². The van der Waals surface area contributed by atoms with E-state index in [9.17, 15) is 13.2 Å². The zero-order valence-electron chi connectivity index (χ0n) is 14.4. The average Bonchev–Trinajstić information content (AvgIpc) is 3.22. The summed E-state index contributed by atoms with van der Waals surface area (Å²) in [5.41, 5.74) is 4.26. The van der Waals surface area contributed by atoms with Gasteiger partial charge in [0.2, 0.25) is 10.0 Å². The van der Waals surface area contributed by atoms with Gasteiger partial charge in [-0.3, -0.25) is 9.78 Å². The number of carbonyl (C=O) groups is 1. The van der Waals surface area contributed by atoms with Crippen LogP contribution in [0.25, 0.3) is 0 Å². The predicted molar refractivity (Wildman–Crippen MR) is 98.3 cm³/mol. The van der Waals surface area contributed by atoms with Crippen molar-refractivity contribution < 1.29 is 13.2 Å². The van der Waals surface area contributed by atoms with Crippen molar-refractivity contribution in [2.24, 2.45) is 5.10 Å². The molecule has 1 N–H and O–H groups in total. The number of hydrogen-bond donors (Lipinski definition) is 1. The van der Waals surface area contributed by atoms with Crippen LogP contribution >= 0.6 is 0 Å². The second-order valence-electron chi connectivity index (χ2n) is 6.01. The number of carbonyl (C=O) groups excluding carboxylic acids is 1. The van der Waals surface area contributed by atoms with Gasteiger partial charge in [0.1, 0.15) is 0 Å². The fraction of sp³-hybridized carbons (Fsp3) is 0.278. The Labute approximate surface area is 152 Å². The summed E-state index contributed by atoms with van der Waals surface area (Å²) in [7, 11) is -3.43. The van der Waals surface area contributed by atoms with Crippen LogP contribution in [0.5, 0.6) is 0 Å². The minimum Gasteiger partial charge on any atom is -0.267 e. The van der Waals surface area contributed by atoms with Crippen molar-refractivity contribution in [1.29, 1.82) is 0 Å². The lowest BCUT2D eigenvalue weighted by atomic mass is 10.1. The molecule has 1 aliphatic rings. The summed E-state index contributed by atoms with van der Waals surface area (Å²) in [5, 5.41) is 4.08. The Bertz CT molecular complexity index is 903. The fourth-order valence-electron chi connectivity index (χ4n) is 2.71. The molecule has 0 unspecified atom stereocenters.